The number of aromatic nitrogens is 2. The first-order chi connectivity index (χ1) is 12.5. The van der Waals surface area contributed by atoms with Crippen molar-refractivity contribution in [2.45, 2.75) is 45.3 Å². The highest BCUT2D eigenvalue weighted by molar-refractivity contribution is 5.96. The summed E-state index contributed by atoms with van der Waals surface area (Å²) in [6.45, 7) is 3.08. The molecule has 0 bridgehead atoms. The third-order valence-corrected chi connectivity index (χ3v) is 4.48. The van der Waals surface area contributed by atoms with E-state index in [9.17, 15) is 9.59 Å². The Balaban J connectivity index is 1.51. The van der Waals surface area contributed by atoms with E-state index in [4.69, 9.17) is 0 Å². The SMILES string of the molecule is CC(NC(=O)N(C)Cc1cn2c(n1)CCCC2)C(=O)Nc1ccccc1. The fourth-order valence-corrected chi connectivity index (χ4v) is 3.00. The summed E-state index contributed by atoms with van der Waals surface area (Å²) in [5.41, 5.74) is 1.58. The molecular weight excluding hydrogens is 330 g/mol. The Kier molecular flexibility index (Phi) is 5.55. The van der Waals surface area contributed by atoms with Crippen LogP contribution in [0.4, 0.5) is 10.5 Å². The lowest BCUT2D eigenvalue weighted by Crippen LogP contribution is -2.46. The Hall–Kier alpha value is -2.83. The van der Waals surface area contributed by atoms with E-state index in [1.807, 2.05) is 24.4 Å². The van der Waals surface area contributed by atoms with Gasteiger partial charge in [-0.3, -0.25) is 4.79 Å². The fourth-order valence-electron chi connectivity index (χ4n) is 3.00. The van der Waals surface area contributed by atoms with E-state index in [1.54, 1.807) is 31.0 Å². The number of nitrogens with one attached hydrogen (secondary N) is 2. The van der Waals surface area contributed by atoms with E-state index in [0.29, 0.717) is 12.2 Å². The van der Waals surface area contributed by atoms with Gasteiger partial charge in [-0.2, -0.15) is 0 Å². The molecule has 1 unspecified atom stereocenters. The van der Waals surface area contributed by atoms with Crippen molar-refractivity contribution >= 4 is 17.6 Å². The first-order valence-corrected chi connectivity index (χ1v) is 8.95. The maximum atomic E-state index is 12.4. The van der Waals surface area contributed by atoms with Crippen molar-refractivity contribution in [1.82, 2.24) is 19.8 Å². The molecule has 0 spiro atoms. The number of urea groups is 1. The zero-order valence-corrected chi connectivity index (χ0v) is 15.2. The molecule has 2 aromatic rings. The summed E-state index contributed by atoms with van der Waals surface area (Å²) in [5, 5.41) is 5.50. The van der Waals surface area contributed by atoms with Crippen LogP contribution in [0.3, 0.4) is 0 Å². The predicted molar refractivity (Wildman–Crippen MR) is 99.7 cm³/mol. The van der Waals surface area contributed by atoms with Crippen LogP contribution < -0.4 is 10.6 Å². The van der Waals surface area contributed by atoms with Gasteiger partial charge in [-0.25, -0.2) is 9.78 Å². The molecule has 0 saturated carbocycles. The number of benzene rings is 1. The molecular formula is C19H25N5O2. The molecule has 3 rings (SSSR count). The lowest BCUT2D eigenvalue weighted by atomic mass is 10.2. The van der Waals surface area contributed by atoms with Crippen LogP contribution in [0.15, 0.2) is 36.5 Å². The van der Waals surface area contributed by atoms with Gasteiger partial charge in [0.05, 0.1) is 12.2 Å². The molecule has 26 heavy (non-hydrogen) atoms. The van der Waals surface area contributed by atoms with Crippen molar-refractivity contribution in [3.05, 3.63) is 48.0 Å². The summed E-state index contributed by atoms with van der Waals surface area (Å²) in [4.78, 5) is 30.7. The number of carbonyl (C=O) groups excluding carboxylic acids is 2. The molecule has 7 heteroatoms. The number of amides is 3. The highest BCUT2D eigenvalue weighted by atomic mass is 16.2. The highest BCUT2D eigenvalue weighted by Crippen LogP contribution is 2.15. The number of imidazole rings is 1. The fraction of sp³-hybridized carbons (Fsp3) is 0.421. The van der Waals surface area contributed by atoms with Crippen LogP contribution in [0, 0.1) is 0 Å². The lowest BCUT2D eigenvalue weighted by Gasteiger charge is -2.20. The minimum Gasteiger partial charge on any atom is -0.335 e. The third kappa shape index (κ3) is 4.41. The summed E-state index contributed by atoms with van der Waals surface area (Å²) in [7, 11) is 1.70. The number of carbonyl (C=O) groups is 2. The van der Waals surface area contributed by atoms with E-state index in [2.05, 4.69) is 20.2 Å². The molecule has 138 valence electrons. The molecule has 0 saturated heterocycles. The number of rotatable bonds is 5. The maximum absolute atomic E-state index is 12.4. The monoisotopic (exact) mass is 355 g/mol. The number of hydrogen-bond donors (Lipinski definition) is 2. The van der Waals surface area contributed by atoms with Gasteiger partial charge in [0.1, 0.15) is 11.9 Å². The van der Waals surface area contributed by atoms with E-state index >= 15 is 0 Å². The van der Waals surface area contributed by atoms with Crippen LogP contribution >= 0.6 is 0 Å². The van der Waals surface area contributed by atoms with Crippen molar-refractivity contribution in [2.75, 3.05) is 12.4 Å². The summed E-state index contributed by atoms with van der Waals surface area (Å²) >= 11 is 0. The van der Waals surface area contributed by atoms with E-state index < -0.39 is 6.04 Å². The Labute approximate surface area is 153 Å². The van der Waals surface area contributed by atoms with Crippen LogP contribution in [0.2, 0.25) is 0 Å². The van der Waals surface area contributed by atoms with E-state index in [0.717, 1.165) is 24.5 Å². The second kappa shape index (κ2) is 8.03. The lowest BCUT2D eigenvalue weighted by molar-refractivity contribution is -0.117. The average Bonchev–Trinajstić information content (AvgIpc) is 3.04. The number of hydrogen-bond acceptors (Lipinski definition) is 3. The van der Waals surface area contributed by atoms with Crippen LogP contribution in [0.1, 0.15) is 31.3 Å². The van der Waals surface area contributed by atoms with Crippen LogP contribution in [0.25, 0.3) is 0 Å². The molecule has 2 N–H and O–H groups in total. The molecule has 1 aromatic heterocycles. The Bertz CT molecular complexity index is 748. The van der Waals surface area contributed by atoms with Crippen LogP contribution in [-0.4, -0.2) is 39.5 Å². The van der Waals surface area contributed by atoms with Crippen molar-refractivity contribution < 1.29 is 9.59 Å². The van der Waals surface area contributed by atoms with Crippen molar-refractivity contribution in [3.8, 4) is 0 Å². The van der Waals surface area contributed by atoms with Gasteiger partial charge >= 0.3 is 6.03 Å². The topological polar surface area (TPSA) is 79.3 Å². The molecule has 2 heterocycles. The Morgan fingerprint density at radius 3 is 2.77 bits per heavy atom. The predicted octanol–water partition coefficient (Wildman–Crippen LogP) is 2.39. The molecule has 0 radical (unpaired) electrons. The average molecular weight is 355 g/mol. The van der Waals surface area contributed by atoms with Gasteiger partial charge in [0.25, 0.3) is 0 Å². The Morgan fingerprint density at radius 1 is 1.27 bits per heavy atom. The number of anilines is 1. The van der Waals surface area contributed by atoms with Crippen molar-refractivity contribution in [1.29, 1.82) is 0 Å². The van der Waals surface area contributed by atoms with Gasteiger partial charge in [-0.15, -0.1) is 0 Å². The van der Waals surface area contributed by atoms with Gasteiger partial charge in [-0.1, -0.05) is 18.2 Å². The molecule has 0 fully saturated rings. The first kappa shape index (κ1) is 18.0. The van der Waals surface area contributed by atoms with Gasteiger partial charge in [-0.05, 0) is 31.9 Å². The second-order valence-corrected chi connectivity index (χ2v) is 6.68. The standard InChI is InChI=1S/C19H25N5O2/c1-14(18(25)22-15-8-4-3-5-9-15)20-19(26)23(2)12-16-13-24-11-7-6-10-17(24)21-16/h3-5,8-9,13-14H,6-7,10-12H2,1-2H3,(H,20,26)(H,22,25). The number of fused-ring (bicyclic) bond motifs is 1. The van der Waals surface area contributed by atoms with Gasteiger partial charge in [0.2, 0.25) is 5.91 Å². The van der Waals surface area contributed by atoms with Gasteiger partial charge in [0.15, 0.2) is 0 Å². The van der Waals surface area contributed by atoms with Crippen molar-refractivity contribution in [2.24, 2.45) is 0 Å². The summed E-state index contributed by atoms with van der Waals surface area (Å²) in [6.07, 6.45) is 5.35. The number of nitrogens with zero attached hydrogens (tertiary/aromatic N) is 3. The quantitative estimate of drug-likeness (QED) is 0.864. The maximum Gasteiger partial charge on any atom is 0.318 e. The molecule has 0 aliphatic carbocycles. The zero-order chi connectivity index (χ0) is 18.5. The van der Waals surface area contributed by atoms with Crippen molar-refractivity contribution in [3.63, 3.8) is 0 Å². The first-order valence-electron chi connectivity index (χ1n) is 8.95. The molecule has 1 atom stereocenters. The zero-order valence-electron chi connectivity index (χ0n) is 15.2. The van der Waals surface area contributed by atoms with Crippen LogP contribution in [-0.2, 0) is 24.3 Å². The molecule has 3 amide bonds. The van der Waals surface area contributed by atoms with Gasteiger partial charge < -0.3 is 20.1 Å². The Morgan fingerprint density at radius 2 is 2.04 bits per heavy atom. The third-order valence-electron chi connectivity index (χ3n) is 4.48. The largest absolute Gasteiger partial charge is 0.335 e. The number of aryl methyl sites for hydroxylation is 2. The molecule has 1 aliphatic heterocycles. The van der Waals surface area contributed by atoms with E-state index in [-0.39, 0.29) is 11.9 Å². The smallest absolute Gasteiger partial charge is 0.318 e. The highest BCUT2D eigenvalue weighted by Gasteiger charge is 2.19. The summed E-state index contributed by atoms with van der Waals surface area (Å²) in [6, 6.07) is 8.24. The summed E-state index contributed by atoms with van der Waals surface area (Å²) < 4.78 is 2.17. The van der Waals surface area contributed by atoms with Gasteiger partial charge in [0, 0.05) is 31.9 Å². The molecule has 7 nitrogen and oxygen atoms in total. The van der Waals surface area contributed by atoms with E-state index in [1.165, 1.54) is 12.8 Å². The normalized spacial score (nSPS) is 14.2. The molecule has 1 aliphatic rings. The summed E-state index contributed by atoms with van der Waals surface area (Å²) in [5.74, 6) is 0.839. The minimum absolute atomic E-state index is 0.254. The van der Waals surface area contributed by atoms with Crippen LogP contribution in [0.5, 0.6) is 0 Å². The number of para-hydroxylation sites is 1. The molecule has 1 aromatic carbocycles. The second-order valence-electron chi connectivity index (χ2n) is 6.68. The minimum atomic E-state index is -0.639.